The molecule has 232 valence electrons. The summed E-state index contributed by atoms with van der Waals surface area (Å²) in [6.45, 7) is 14.0. The lowest BCUT2D eigenvalue weighted by atomic mass is 10.1. The van der Waals surface area contributed by atoms with Crippen LogP contribution >= 0.6 is 0 Å². The third kappa shape index (κ3) is 25.0. The Labute approximate surface area is 245 Å². The monoisotopic (exact) mass is 604 g/mol. The SMILES string of the molecule is COC(=O)CCCCCCCCCC[Si](C)(C)O[Si](C)(C)O[Si](C)(C)CCCCCCCCCCC(=O)OC. The molecule has 39 heavy (non-hydrogen) atoms. The van der Waals surface area contributed by atoms with Crippen molar-refractivity contribution in [3.63, 3.8) is 0 Å². The van der Waals surface area contributed by atoms with Crippen molar-refractivity contribution in [2.75, 3.05) is 14.2 Å². The van der Waals surface area contributed by atoms with Gasteiger partial charge >= 0.3 is 20.5 Å². The molecule has 0 aromatic rings. The minimum Gasteiger partial charge on any atom is -0.469 e. The van der Waals surface area contributed by atoms with Crippen LogP contribution in [0, 0.1) is 0 Å². The molecule has 0 heterocycles. The first kappa shape index (κ1) is 38.5. The Morgan fingerprint density at radius 3 is 0.974 bits per heavy atom. The molecule has 0 fully saturated rings. The largest absolute Gasteiger partial charge is 0.469 e. The molecule has 0 atom stereocenters. The number of unbranched alkanes of at least 4 members (excludes halogenated alkanes) is 14. The highest BCUT2D eigenvalue weighted by atomic mass is 28.5. The molecule has 0 saturated heterocycles. The summed E-state index contributed by atoms with van der Waals surface area (Å²) >= 11 is 0. The molecule has 0 aliphatic carbocycles. The minimum atomic E-state index is -2.13. The zero-order valence-electron chi connectivity index (χ0n) is 27.1. The van der Waals surface area contributed by atoms with Gasteiger partial charge in [0.15, 0.2) is 16.6 Å². The molecule has 0 aliphatic rings. The van der Waals surface area contributed by atoms with Gasteiger partial charge in [0.2, 0.25) is 0 Å². The third-order valence-electron chi connectivity index (χ3n) is 7.32. The number of hydrogen-bond donors (Lipinski definition) is 0. The number of carbonyl (C=O) groups excluding carboxylic acids is 2. The predicted molar refractivity (Wildman–Crippen MR) is 171 cm³/mol. The topological polar surface area (TPSA) is 71.1 Å². The van der Waals surface area contributed by atoms with Crippen LogP contribution in [0.2, 0.25) is 51.4 Å². The molecule has 0 aromatic heterocycles. The maximum atomic E-state index is 11.1. The first-order chi connectivity index (χ1) is 18.3. The van der Waals surface area contributed by atoms with Crippen LogP contribution in [0.3, 0.4) is 0 Å². The summed E-state index contributed by atoms with van der Waals surface area (Å²) in [5, 5.41) is 0. The molecule has 0 aromatic carbocycles. The molecule has 0 radical (unpaired) electrons. The van der Waals surface area contributed by atoms with Crippen molar-refractivity contribution in [3.05, 3.63) is 0 Å². The Morgan fingerprint density at radius 1 is 0.436 bits per heavy atom. The molecular formula is C30H64O6Si3. The smallest absolute Gasteiger partial charge is 0.311 e. The molecule has 0 unspecified atom stereocenters. The van der Waals surface area contributed by atoms with E-state index < -0.39 is 25.2 Å². The number of methoxy groups -OCH3 is 2. The Morgan fingerprint density at radius 2 is 0.692 bits per heavy atom. The highest BCUT2D eigenvalue weighted by Gasteiger charge is 2.39. The van der Waals surface area contributed by atoms with Crippen LogP contribution in [0.4, 0.5) is 0 Å². The van der Waals surface area contributed by atoms with Crippen LogP contribution in [0.1, 0.15) is 116 Å². The van der Waals surface area contributed by atoms with Crippen LogP contribution in [-0.4, -0.2) is 51.4 Å². The summed E-state index contributed by atoms with van der Waals surface area (Å²) in [6, 6.07) is 2.44. The van der Waals surface area contributed by atoms with E-state index in [1.54, 1.807) is 0 Å². The van der Waals surface area contributed by atoms with Crippen molar-refractivity contribution in [2.45, 2.75) is 167 Å². The standard InChI is InChI=1S/C30H64O6Si3/c1-33-29(31)25-21-17-13-9-11-15-19-23-27-37(3,4)35-39(7,8)36-38(5,6)28-24-20-16-12-10-14-18-22-26-30(32)34-2/h9-28H2,1-8H3. The van der Waals surface area contributed by atoms with Crippen molar-refractivity contribution in [1.29, 1.82) is 0 Å². The highest BCUT2D eigenvalue weighted by molar-refractivity contribution is 6.87. The van der Waals surface area contributed by atoms with Gasteiger partial charge in [-0.15, -0.1) is 0 Å². The van der Waals surface area contributed by atoms with E-state index >= 15 is 0 Å². The minimum absolute atomic E-state index is 0.0875. The first-order valence-electron chi connectivity index (χ1n) is 15.9. The second kappa shape index (κ2) is 22.2. The second-order valence-electron chi connectivity index (χ2n) is 12.9. The maximum Gasteiger partial charge on any atom is 0.311 e. The molecule has 6 nitrogen and oxygen atoms in total. The summed E-state index contributed by atoms with van der Waals surface area (Å²) in [5.41, 5.74) is 0. The predicted octanol–water partition coefficient (Wildman–Crippen LogP) is 9.50. The van der Waals surface area contributed by atoms with Gasteiger partial charge in [0.25, 0.3) is 0 Å². The van der Waals surface area contributed by atoms with Gasteiger partial charge in [-0.05, 0) is 64.2 Å². The molecule has 0 bridgehead atoms. The number of rotatable bonds is 26. The molecular weight excluding hydrogens is 541 g/mol. The zero-order valence-corrected chi connectivity index (χ0v) is 30.1. The normalized spacial score (nSPS) is 12.5. The van der Waals surface area contributed by atoms with Crippen molar-refractivity contribution in [2.24, 2.45) is 0 Å². The van der Waals surface area contributed by atoms with Crippen LogP contribution in [0.25, 0.3) is 0 Å². The molecule has 0 aliphatic heterocycles. The average Bonchev–Trinajstić information content (AvgIpc) is 2.84. The van der Waals surface area contributed by atoms with Gasteiger partial charge in [-0.1, -0.05) is 89.9 Å². The van der Waals surface area contributed by atoms with E-state index in [-0.39, 0.29) is 11.9 Å². The van der Waals surface area contributed by atoms with Gasteiger partial charge in [-0.25, -0.2) is 0 Å². The maximum absolute atomic E-state index is 11.1. The number of carbonyl (C=O) groups is 2. The van der Waals surface area contributed by atoms with E-state index in [2.05, 4.69) is 39.3 Å². The molecule has 0 rings (SSSR count). The highest BCUT2D eigenvalue weighted by Crippen LogP contribution is 2.27. The first-order valence-corrected chi connectivity index (χ1v) is 24.9. The summed E-state index contributed by atoms with van der Waals surface area (Å²) in [6.07, 6.45) is 20.5. The van der Waals surface area contributed by atoms with Crippen molar-refractivity contribution >= 4 is 37.1 Å². The number of esters is 2. The molecule has 0 N–H and O–H groups in total. The fraction of sp³-hybridized carbons (Fsp3) is 0.933. The van der Waals surface area contributed by atoms with E-state index in [4.69, 9.17) is 17.7 Å². The van der Waals surface area contributed by atoms with Gasteiger partial charge in [0.05, 0.1) is 14.2 Å². The van der Waals surface area contributed by atoms with E-state index in [9.17, 15) is 9.59 Å². The van der Waals surface area contributed by atoms with Crippen molar-refractivity contribution in [3.8, 4) is 0 Å². The number of hydrogen-bond acceptors (Lipinski definition) is 6. The van der Waals surface area contributed by atoms with Crippen LogP contribution in [0.5, 0.6) is 0 Å². The van der Waals surface area contributed by atoms with Gasteiger partial charge in [-0.3, -0.25) is 9.59 Å². The summed E-state index contributed by atoms with van der Waals surface area (Å²) in [4.78, 5) is 22.3. The summed E-state index contributed by atoms with van der Waals surface area (Å²) in [7, 11) is -2.65. The quantitative estimate of drug-likeness (QED) is 0.0556. The van der Waals surface area contributed by atoms with Crippen LogP contribution in [0.15, 0.2) is 0 Å². The second-order valence-corrected chi connectivity index (χ2v) is 25.4. The number of ether oxygens (including phenoxy) is 2. The molecule has 0 spiro atoms. The Balaban J connectivity index is 3.94. The van der Waals surface area contributed by atoms with E-state index in [0.717, 1.165) is 25.7 Å². The van der Waals surface area contributed by atoms with Gasteiger partial charge < -0.3 is 17.7 Å². The lowest BCUT2D eigenvalue weighted by molar-refractivity contribution is -0.141. The van der Waals surface area contributed by atoms with Crippen molar-refractivity contribution < 1.29 is 27.3 Å². The molecule has 0 saturated carbocycles. The fourth-order valence-electron chi connectivity index (χ4n) is 5.42. The van der Waals surface area contributed by atoms with Crippen molar-refractivity contribution in [1.82, 2.24) is 0 Å². The van der Waals surface area contributed by atoms with E-state index in [1.165, 1.54) is 103 Å². The Kier molecular flexibility index (Phi) is 21.9. The van der Waals surface area contributed by atoms with Crippen LogP contribution in [-0.2, 0) is 27.3 Å². The average molecular weight is 605 g/mol. The molecule has 0 amide bonds. The summed E-state index contributed by atoms with van der Waals surface area (Å²) in [5.74, 6) is -0.175. The van der Waals surface area contributed by atoms with Gasteiger partial charge in [-0.2, -0.15) is 0 Å². The fourth-order valence-corrected chi connectivity index (χ4v) is 19.6. The van der Waals surface area contributed by atoms with E-state index in [0.29, 0.717) is 12.8 Å². The molecule has 9 heteroatoms. The Bertz CT molecular complexity index is 588. The van der Waals surface area contributed by atoms with Gasteiger partial charge in [0, 0.05) is 12.8 Å². The van der Waals surface area contributed by atoms with E-state index in [1.807, 2.05) is 0 Å². The third-order valence-corrected chi connectivity index (χ3v) is 18.8. The lowest BCUT2D eigenvalue weighted by Gasteiger charge is -2.39. The zero-order chi connectivity index (χ0) is 29.6. The Hall–Kier alpha value is -0.489. The summed E-state index contributed by atoms with van der Waals surface area (Å²) < 4.78 is 23.0. The van der Waals surface area contributed by atoms with Crippen LogP contribution < -0.4 is 0 Å². The van der Waals surface area contributed by atoms with Gasteiger partial charge in [0.1, 0.15) is 0 Å². The lowest BCUT2D eigenvalue weighted by Crippen LogP contribution is -2.52.